The van der Waals surface area contributed by atoms with E-state index in [4.69, 9.17) is 9.47 Å². The first-order valence-electron chi connectivity index (χ1n) is 12.8. The molecule has 180 valence electrons. The number of fused-ring (bicyclic) bond motifs is 1. The lowest BCUT2D eigenvalue weighted by molar-refractivity contribution is -0.145. The quantitative estimate of drug-likeness (QED) is 0.449. The van der Waals surface area contributed by atoms with Gasteiger partial charge in [-0.3, -0.25) is 9.69 Å². The van der Waals surface area contributed by atoms with Gasteiger partial charge in [-0.2, -0.15) is 0 Å². The van der Waals surface area contributed by atoms with Crippen molar-refractivity contribution in [1.29, 1.82) is 0 Å². The van der Waals surface area contributed by atoms with Crippen molar-refractivity contribution in [2.75, 3.05) is 19.7 Å². The number of ether oxygens (including phenoxy) is 2. The number of hydrogen-bond acceptors (Lipinski definition) is 4. The van der Waals surface area contributed by atoms with Crippen molar-refractivity contribution in [3.8, 4) is 5.75 Å². The van der Waals surface area contributed by atoms with Crippen LogP contribution >= 0.6 is 0 Å². The summed E-state index contributed by atoms with van der Waals surface area (Å²) in [5.41, 5.74) is 2.95. The molecular weight excluding hydrogens is 410 g/mol. The van der Waals surface area contributed by atoms with E-state index in [0.29, 0.717) is 30.5 Å². The third-order valence-corrected chi connectivity index (χ3v) is 7.69. The topological polar surface area (TPSA) is 38.8 Å². The van der Waals surface area contributed by atoms with Gasteiger partial charge < -0.3 is 9.47 Å². The minimum absolute atomic E-state index is 0.0715. The molecule has 0 bridgehead atoms. The number of benzene rings is 2. The number of carbonyl (C=O) groups is 1. The Morgan fingerprint density at radius 3 is 2.36 bits per heavy atom. The van der Waals surface area contributed by atoms with Crippen molar-refractivity contribution < 1.29 is 14.3 Å². The number of hydrogen-bond donors (Lipinski definition) is 0. The number of likely N-dealkylation sites (tertiary alicyclic amines) is 1. The average Bonchev–Trinajstić information content (AvgIpc) is 2.74. The molecule has 0 N–H and O–H groups in total. The largest absolute Gasteiger partial charge is 0.490 e. The number of aryl methyl sites for hydroxylation is 1. The third-order valence-electron chi connectivity index (χ3n) is 7.69. The van der Waals surface area contributed by atoms with Gasteiger partial charge in [-0.15, -0.1) is 0 Å². The van der Waals surface area contributed by atoms with E-state index in [9.17, 15) is 4.79 Å². The summed E-state index contributed by atoms with van der Waals surface area (Å²) in [5.74, 6) is 2.17. The molecule has 2 aromatic carbocycles. The van der Waals surface area contributed by atoms with Gasteiger partial charge in [0.25, 0.3) is 0 Å². The monoisotopic (exact) mass is 451 g/mol. The van der Waals surface area contributed by atoms with Gasteiger partial charge in [0, 0.05) is 25.2 Å². The zero-order chi connectivity index (χ0) is 23.6. The molecule has 0 unspecified atom stereocenters. The van der Waals surface area contributed by atoms with E-state index in [1.165, 1.54) is 34.7 Å². The minimum atomic E-state index is -0.0715. The smallest absolute Gasteiger partial charge is 0.306 e. The van der Waals surface area contributed by atoms with Gasteiger partial charge in [0.2, 0.25) is 0 Å². The van der Waals surface area contributed by atoms with Crippen LogP contribution in [-0.4, -0.2) is 36.7 Å². The molecule has 0 radical (unpaired) electrons. The van der Waals surface area contributed by atoms with Crippen LogP contribution in [0.25, 0.3) is 10.8 Å². The summed E-state index contributed by atoms with van der Waals surface area (Å²) in [7, 11) is 0. The van der Waals surface area contributed by atoms with Crippen molar-refractivity contribution in [3.05, 3.63) is 41.5 Å². The third kappa shape index (κ3) is 5.71. The number of nitrogens with zero attached hydrogens (tertiary/aromatic N) is 1. The summed E-state index contributed by atoms with van der Waals surface area (Å²) in [4.78, 5) is 14.3. The summed E-state index contributed by atoms with van der Waals surface area (Å²) in [5, 5.41) is 2.60. The highest BCUT2D eigenvalue weighted by atomic mass is 16.5. The summed E-state index contributed by atoms with van der Waals surface area (Å²) >= 11 is 0. The average molecular weight is 452 g/mol. The van der Waals surface area contributed by atoms with Crippen LogP contribution in [0.4, 0.5) is 0 Å². The Morgan fingerprint density at radius 2 is 1.73 bits per heavy atom. The number of rotatable bonds is 7. The molecule has 4 nitrogen and oxygen atoms in total. The molecule has 0 spiro atoms. The molecule has 0 amide bonds. The second-order valence-corrected chi connectivity index (χ2v) is 11.2. The predicted molar refractivity (Wildman–Crippen MR) is 135 cm³/mol. The second kappa shape index (κ2) is 10.0. The van der Waals surface area contributed by atoms with Crippen molar-refractivity contribution in [2.45, 2.75) is 79.4 Å². The van der Waals surface area contributed by atoms with E-state index in [-0.39, 0.29) is 5.97 Å². The fraction of sp³-hybridized carbons (Fsp3) is 0.621. The van der Waals surface area contributed by atoms with E-state index in [2.05, 4.69) is 62.9 Å². The van der Waals surface area contributed by atoms with E-state index in [1.54, 1.807) is 0 Å². The van der Waals surface area contributed by atoms with E-state index in [1.807, 2.05) is 6.92 Å². The maximum Gasteiger partial charge on any atom is 0.306 e. The van der Waals surface area contributed by atoms with Gasteiger partial charge >= 0.3 is 5.97 Å². The minimum Gasteiger partial charge on any atom is -0.490 e. The summed E-state index contributed by atoms with van der Waals surface area (Å²) in [6, 6.07) is 10.9. The number of esters is 1. The first kappa shape index (κ1) is 24.1. The standard InChI is InChI=1S/C29H41NO3/c1-6-32-28(31)16-21-17-30(18-21)19-26-25-10-8-7-9-24(25)20(2)15-27(26)33-23-13-11-22(12-14-23)29(3,4)5/h7-10,15,21-23H,6,11-14,16-19H2,1-5H3. The summed E-state index contributed by atoms with van der Waals surface area (Å²) < 4.78 is 11.9. The Balaban J connectivity index is 1.48. The van der Waals surface area contributed by atoms with E-state index in [0.717, 1.165) is 44.1 Å². The zero-order valence-corrected chi connectivity index (χ0v) is 21.2. The van der Waals surface area contributed by atoms with Crippen molar-refractivity contribution in [1.82, 2.24) is 4.90 Å². The normalized spacial score (nSPS) is 22.2. The number of carbonyl (C=O) groups excluding carboxylic acids is 1. The molecule has 1 heterocycles. The molecule has 0 atom stereocenters. The fourth-order valence-electron chi connectivity index (χ4n) is 5.69. The molecule has 33 heavy (non-hydrogen) atoms. The van der Waals surface area contributed by atoms with Crippen LogP contribution in [-0.2, 0) is 16.1 Å². The maximum atomic E-state index is 11.8. The van der Waals surface area contributed by atoms with E-state index >= 15 is 0 Å². The molecule has 4 rings (SSSR count). The molecule has 1 aliphatic heterocycles. The molecular formula is C29H41NO3. The molecule has 1 saturated carbocycles. The van der Waals surface area contributed by atoms with Gasteiger partial charge in [-0.05, 0) is 79.2 Å². The van der Waals surface area contributed by atoms with Gasteiger partial charge in [-0.25, -0.2) is 0 Å². The van der Waals surface area contributed by atoms with Crippen molar-refractivity contribution in [3.63, 3.8) is 0 Å². The summed E-state index contributed by atoms with van der Waals surface area (Å²) in [6.45, 7) is 14.4. The SMILES string of the molecule is CCOC(=O)CC1CN(Cc2c(OC3CCC(C(C)(C)C)CC3)cc(C)c3ccccc23)C1. The first-order valence-corrected chi connectivity index (χ1v) is 12.8. The second-order valence-electron chi connectivity index (χ2n) is 11.2. The maximum absolute atomic E-state index is 11.8. The molecule has 1 saturated heterocycles. The van der Waals surface area contributed by atoms with Crippen molar-refractivity contribution >= 4 is 16.7 Å². The Morgan fingerprint density at radius 1 is 1.06 bits per heavy atom. The van der Waals surface area contributed by atoms with Crippen LogP contribution in [0.1, 0.15) is 70.9 Å². The molecule has 4 heteroatoms. The molecule has 1 aliphatic carbocycles. The highest BCUT2D eigenvalue weighted by Crippen LogP contribution is 2.40. The Labute approximate surface area is 199 Å². The highest BCUT2D eigenvalue weighted by molar-refractivity contribution is 5.90. The van der Waals surface area contributed by atoms with Gasteiger partial charge in [0.15, 0.2) is 0 Å². The van der Waals surface area contributed by atoms with Crippen LogP contribution in [0, 0.1) is 24.2 Å². The summed E-state index contributed by atoms with van der Waals surface area (Å²) in [6.07, 6.45) is 5.60. The van der Waals surface area contributed by atoms with Crippen molar-refractivity contribution in [2.24, 2.45) is 17.3 Å². The molecule has 2 aliphatic rings. The van der Waals surface area contributed by atoms with Gasteiger partial charge in [0.05, 0.1) is 19.1 Å². The lowest BCUT2D eigenvalue weighted by atomic mass is 9.72. The Bertz CT molecular complexity index is 963. The lowest BCUT2D eigenvalue weighted by Crippen LogP contribution is -2.47. The van der Waals surface area contributed by atoms with Gasteiger partial charge in [0.1, 0.15) is 5.75 Å². The van der Waals surface area contributed by atoms with E-state index < -0.39 is 0 Å². The zero-order valence-electron chi connectivity index (χ0n) is 21.2. The molecule has 2 fully saturated rings. The highest BCUT2D eigenvalue weighted by Gasteiger charge is 2.32. The van der Waals surface area contributed by atoms with Crippen LogP contribution in [0.5, 0.6) is 5.75 Å². The van der Waals surface area contributed by atoms with Crippen LogP contribution in [0.3, 0.4) is 0 Å². The molecule has 2 aromatic rings. The first-order chi connectivity index (χ1) is 15.7. The predicted octanol–water partition coefficient (Wildman–Crippen LogP) is 6.52. The molecule has 0 aromatic heterocycles. The van der Waals surface area contributed by atoms with Crippen LogP contribution in [0.15, 0.2) is 30.3 Å². The Hall–Kier alpha value is -2.07. The van der Waals surface area contributed by atoms with Gasteiger partial charge in [-0.1, -0.05) is 45.0 Å². The fourth-order valence-corrected chi connectivity index (χ4v) is 5.69. The van der Waals surface area contributed by atoms with Crippen LogP contribution in [0.2, 0.25) is 0 Å². The lowest BCUT2D eigenvalue weighted by Gasteiger charge is -2.40. The Kier molecular flexibility index (Phi) is 7.33. The van der Waals surface area contributed by atoms with Crippen LogP contribution < -0.4 is 4.74 Å².